The van der Waals surface area contributed by atoms with Crippen molar-refractivity contribution in [1.82, 2.24) is 10.2 Å². The quantitative estimate of drug-likeness (QED) is 0.794. The molecule has 1 aliphatic rings. The number of hydrogen-bond acceptors (Lipinski definition) is 5. The van der Waals surface area contributed by atoms with E-state index in [4.69, 9.17) is 0 Å². The van der Waals surface area contributed by atoms with Gasteiger partial charge in [-0.25, -0.2) is 4.79 Å². The number of carbonyl (C=O) groups is 3. The van der Waals surface area contributed by atoms with Crippen molar-refractivity contribution in [2.75, 3.05) is 20.7 Å². The fourth-order valence-corrected chi connectivity index (χ4v) is 2.38. The Balaban J connectivity index is 2.11. The number of aromatic hydroxyl groups is 1. The number of esters is 1. The Bertz CT molecular complexity index is 614. The summed E-state index contributed by atoms with van der Waals surface area (Å²) in [4.78, 5) is 36.7. The number of carbonyl (C=O) groups excluding carboxylic acids is 3. The van der Waals surface area contributed by atoms with Crippen LogP contribution in [0.2, 0.25) is 0 Å². The van der Waals surface area contributed by atoms with Gasteiger partial charge in [0.1, 0.15) is 5.75 Å². The van der Waals surface area contributed by atoms with Crippen LogP contribution in [-0.4, -0.2) is 54.5 Å². The van der Waals surface area contributed by atoms with E-state index in [-0.39, 0.29) is 28.8 Å². The minimum Gasteiger partial charge on any atom is -0.508 e. The van der Waals surface area contributed by atoms with Crippen molar-refractivity contribution in [3.8, 4) is 5.75 Å². The molecule has 118 valence electrons. The molecule has 1 unspecified atom stereocenters. The third-order valence-electron chi connectivity index (χ3n) is 3.56. The van der Waals surface area contributed by atoms with Crippen LogP contribution >= 0.6 is 0 Å². The van der Waals surface area contributed by atoms with Crippen molar-refractivity contribution in [2.45, 2.75) is 18.9 Å². The predicted octanol–water partition coefficient (Wildman–Crippen LogP) is 0.529. The summed E-state index contributed by atoms with van der Waals surface area (Å²) < 4.78 is 4.58. The Morgan fingerprint density at radius 1 is 1.32 bits per heavy atom. The van der Waals surface area contributed by atoms with E-state index in [9.17, 15) is 19.5 Å². The van der Waals surface area contributed by atoms with Gasteiger partial charge in [-0.05, 0) is 24.6 Å². The van der Waals surface area contributed by atoms with E-state index >= 15 is 0 Å². The number of phenols is 1. The average Bonchev–Trinajstić information content (AvgIpc) is 2.49. The summed E-state index contributed by atoms with van der Waals surface area (Å²) in [7, 11) is 2.91. The lowest BCUT2D eigenvalue weighted by Gasteiger charge is -2.30. The molecule has 2 rings (SSSR count). The third-order valence-corrected chi connectivity index (χ3v) is 3.56. The number of amides is 2. The first-order valence-corrected chi connectivity index (χ1v) is 6.88. The van der Waals surface area contributed by atoms with Gasteiger partial charge in [0.25, 0.3) is 5.91 Å². The highest BCUT2D eigenvalue weighted by Gasteiger charge is 2.24. The van der Waals surface area contributed by atoms with E-state index in [1.165, 1.54) is 25.3 Å². The summed E-state index contributed by atoms with van der Waals surface area (Å²) in [5.41, 5.74) is 0.267. The lowest BCUT2D eigenvalue weighted by molar-refractivity contribution is -0.132. The molecule has 1 fully saturated rings. The Labute approximate surface area is 127 Å². The molecule has 2 N–H and O–H groups in total. The Hall–Kier alpha value is -2.57. The van der Waals surface area contributed by atoms with E-state index in [1.54, 1.807) is 11.9 Å². The summed E-state index contributed by atoms with van der Waals surface area (Å²) in [6.07, 6.45) is 0.951. The van der Waals surface area contributed by atoms with Crippen LogP contribution in [0.1, 0.15) is 33.6 Å². The zero-order chi connectivity index (χ0) is 16.3. The van der Waals surface area contributed by atoms with Gasteiger partial charge in [0.15, 0.2) is 0 Å². The fourth-order valence-electron chi connectivity index (χ4n) is 2.38. The van der Waals surface area contributed by atoms with Crippen molar-refractivity contribution in [3.05, 3.63) is 29.3 Å². The second-order valence-corrected chi connectivity index (χ2v) is 5.24. The average molecular weight is 306 g/mol. The van der Waals surface area contributed by atoms with Crippen LogP contribution in [0.3, 0.4) is 0 Å². The molecular formula is C15H18N2O5. The van der Waals surface area contributed by atoms with Gasteiger partial charge in [-0.15, -0.1) is 0 Å². The van der Waals surface area contributed by atoms with Crippen LogP contribution in [0, 0.1) is 0 Å². The van der Waals surface area contributed by atoms with E-state index in [2.05, 4.69) is 10.1 Å². The van der Waals surface area contributed by atoms with Crippen molar-refractivity contribution in [1.29, 1.82) is 0 Å². The van der Waals surface area contributed by atoms with Crippen LogP contribution < -0.4 is 5.32 Å². The first-order chi connectivity index (χ1) is 10.4. The maximum atomic E-state index is 12.2. The maximum Gasteiger partial charge on any atom is 0.338 e. The van der Waals surface area contributed by atoms with Gasteiger partial charge >= 0.3 is 5.97 Å². The molecule has 1 aromatic carbocycles. The molecule has 0 aliphatic carbocycles. The van der Waals surface area contributed by atoms with E-state index in [0.29, 0.717) is 19.4 Å². The minimum atomic E-state index is -0.632. The molecule has 1 atom stereocenters. The van der Waals surface area contributed by atoms with E-state index in [0.717, 1.165) is 0 Å². The standard InChI is InChI=1S/C15H18N2O5/c1-17-8-11(3-4-13(17)19)16-14(20)9-5-10(15(21)22-2)7-12(18)6-9/h5-7,11,18H,3-4,8H2,1-2H3,(H,16,20). The maximum absolute atomic E-state index is 12.2. The summed E-state index contributed by atoms with van der Waals surface area (Å²) in [5, 5.41) is 12.4. The normalized spacial score (nSPS) is 18.0. The number of phenolic OH excluding ortho intramolecular Hbond substituents is 1. The van der Waals surface area contributed by atoms with Crippen LogP contribution in [-0.2, 0) is 9.53 Å². The SMILES string of the molecule is COC(=O)c1cc(O)cc(C(=O)NC2CCC(=O)N(C)C2)c1. The molecule has 0 spiro atoms. The Kier molecular flexibility index (Phi) is 4.65. The van der Waals surface area contributed by atoms with E-state index < -0.39 is 11.9 Å². The largest absolute Gasteiger partial charge is 0.508 e. The molecule has 0 saturated carbocycles. The lowest BCUT2D eigenvalue weighted by atomic mass is 10.0. The summed E-state index contributed by atoms with van der Waals surface area (Å²) in [6, 6.07) is 3.72. The van der Waals surface area contributed by atoms with Crippen LogP contribution in [0.5, 0.6) is 5.75 Å². The van der Waals surface area contributed by atoms with Crippen molar-refractivity contribution in [3.63, 3.8) is 0 Å². The van der Waals surface area contributed by atoms with Gasteiger partial charge in [-0.3, -0.25) is 9.59 Å². The highest BCUT2D eigenvalue weighted by atomic mass is 16.5. The van der Waals surface area contributed by atoms with Gasteiger partial charge in [0.2, 0.25) is 5.91 Å². The van der Waals surface area contributed by atoms with Gasteiger partial charge in [-0.2, -0.15) is 0 Å². The first kappa shape index (κ1) is 15.8. The third kappa shape index (κ3) is 3.55. The summed E-state index contributed by atoms with van der Waals surface area (Å²) in [5.74, 6) is -1.18. The molecule has 7 heteroatoms. The molecule has 0 radical (unpaired) electrons. The number of rotatable bonds is 3. The Morgan fingerprint density at radius 3 is 2.64 bits per heavy atom. The molecule has 1 saturated heterocycles. The molecule has 0 bridgehead atoms. The van der Waals surface area contributed by atoms with Gasteiger partial charge in [0, 0.05) is 31.6 Å². The molecule has 7 nitrogen and oxygen atoms in total. The second kappa shape index (κ2) is 6.46. The second-order valence-electron chi connectivity index (χ2n) is 5.24. The Morgan fingerprint density at radius 2 is 2.00 bits per heavy atom. The van der Waals surface area contributed by atoms with Crippen LogP contribution in [0.25, 0.3) is 0 Å². The molecular weight excluding hydrogens is 288 g/mol. The summed E-state index contributed by atoms with van der Waals surface area (Å²) >= 11 is 0. The molecule has 2 amide bonds. The van der Waals surface area contributed by atoms with Gasteiger partial charge in [0.05, 0.1) is 12.7 Å². The van der Waals surface area contributed by atoms with Crippen molar-refractivity contribution < 1.29 is 24.2 Å². The highest BCUT2D eigenvalue weighted by Crippen LogP contribution is 2.17. The number of hydrogen-bond donors (Lipinski definition) is 2. The fraction of sp³-hybridized carbons (Fsp3) is 0.400. The number of nitrogens with one attached hydrogen (secondary N) is 1. The van der Waals surface area contributed by atoms with Crippen LogP contribution in [0.15, 0.2) is 18.2 Å². The number of likely N-dealkylation sites (N-methyl/N-ethyl adjacent to an activating group) is 1. The molecule has 1 aromatic rings. The minimum absolute atomic E-state index is 0.0517. The monoisotopic (exact) mass is 306 g/mol. The molecule has 22 heavy (non-hydrogen) atoms. The topological polar surface area (TPSA) is 95.9 Å². The predicted molar refractivity (Wildman–Crippen MR) is 77.6 cm³/mol. The number of likely N-dealkylation sites (tertiary alicyclic amines) is 1. The zero-order valence-electron chi connectivity index (χ0n) is 12.5. The molecule has 1 aliphatic heterocycles. The molecule has 0 aromatic heterocycles. The van der Waals surface area contributed by atoms with Gasteiger partial charge in [-0.1, -0.05) is 0 Å². The number of nitrogens with zero attached hydrogens (tertiary/aromatic N) is 1. The number of methoxy groups -OCH3 is 1. The highest BCUT2D eigenvalue weighted by molar-refractivity contribution is 5.98. The molecule has 1 heterocycles. The summed E-state index contributed by atoms with van der Waals surface area (Å²) in [6.45, 7) is 0.438. The number of ether oxygens (including phenoxy) is 1. The van der Waals surface area contributed by atoms with Crippen molar-refractivity contribution in [2.24, 2.45) is 0 Å². The van der Waals surface area contributed by atoms with Crippen LogP contribution in [0.4, 0.5) is 0 Å². The van der Waals surface area contributed by atoms with E-state index in [1.807, 2.05) is 0 Å². The zero-order valence-corrected chi connectivity index (χ0v) is 12.5. The smallest absolute Gasteiger partial charge is 0.338 e. The van der Waals surface area contributed by atoms with Crippen molar-refractivity contribution >= 4 is 17.8 Å². The number of benzene rings is 1. The lowest BCUT2D eigenvalue weighted by Crippen LogP contribution is -2.48. The number of piperidine rings is 1. The van der Waals surface area contributed by atoms with Gasteiger partial charge < -0.3 is 20.1 Å². The first-order valence-electron chi connectivity index (χ1n) is 6.88.